The van der Waals surface area contributed by atoms with Crippen LogP contribution in [0, 0.1) is 5.92 Å². The summed E-state index contributed by atoms with van der Waals surface area (Å²) in [7, 11) is -7.24. The van der Waals surface area contributed by atoms with Crippen molar-refractivity contribution >= 4 is 37.3 Å². The lowest BCUT2D eigenvalue weighted by molar-refractivity contribution is 0.0981. The van der Waals surface area contributed by atoms with Crippen molar-refractivity contribution in [1.29, 1.82) is 0 Å². The molecule has 0 atom stereocenters. The van der Waals surface area contributed by atoms with Gasteiger partial charge in [-0.05, 0) is 94.3 Å². The molecule has 36 heavy (non-hydrogen) atoms. The minimum absolute atomic E-state index is 0.0385. The summed E-state index contributed by atoms with van der Waals surface area (Å²) in [6.07, 6.45) is 4.97. The number of sulfonamides is 2. The van der Waals surface area contributed by atoms with E-state index in [1.807, 2.05) is 6.07 Å². The summed E-state index contributed by atoms with van der Waals surface area (Å²) in [5.41, 5.74) is 1.56. The highest BCUT2D eigenvalue weighted by Crippen LogP contribution is 2.51. The van der Waals surface area contributed by atoms with Gasteiger partial charge in [0.05, 0.1) is 11.2 Å². The van der Waals surface area contributed by atoms with Crippen LogP contribution in [0.1, 0.15) is 69.3 Å². The number of nitrogens with one attached hydrogen (secondary N) is 2. The SMILES string of the molecule is CC(C)(C)NS(=O)(=O)c1cccc(C(=O)N2C[C@]3(CC[C@H](C)CC3)c3cc(NS(C)(=O)=O)ccc32)c1. The molecule has 1 spiro atoms. The third-order valence-corrected chi connectivity index (χ3v) is 9.29. The van der Waals surface area contributed by atoms with Gasteiger partial charge in [-0.1, -0.05) is 13.0 Å². The Morgan fingerprint density at radius 3 is 2.31 bits per heavy atom. The largest absolute Gasteiger partial charge is 0.307 e. The number of carbonyl (C=O) groups is 1. The van der Waals surface area contributed by atoms with Gasteiger partial charge in [0.15, 0.2) is 0 Å². The van der Waals surface area contributed by atoms with Crippen LogP contribution in [0.3, 0.4) is 0 Å². The fourth-order valence-electron chi connectivity index (χ4n) is 5.28. The summed E-state index contributed by atoms with van der Waals surface area (Å²) < 4.78 is 54.6. The van der Waals surface area contributed by atoms with Crippen molar-refractivity contribution in [3.05, 3.63) is 53.6 Å². The van der Waals surface area contributed by atoms with E-state index < -0.39 is 25.6 Å². The number of hydrogen-bond acceptors (Lipinski definition) is 5. The van der Waals surface area contributed by atoms with Crippen LogP contribution < -0.4 is 14.3 Å². The summed E-state index contributed by atoms with van der Waals surface area (Å²) in [5.74, 6) is 0.321. The lowest BCUT2D eigenvalue weighted by atomic mass is 9.68. The summed E-state index contributed by atoms with van der Waals surface area (Å²) in [6.45, 7) is 7.99. The molecule has 0 saturated heterocycles. The minimum atomic E-state index is -3.80. The monoisotopic (exact) mass is 533 g/mol. The molecule has 196 valence electrons. The van der Waals surface area contributed by atoms with Crippen molar-refractivity contribution in [1.82, 2.24) is 4.72 Å². The van der Waals surface area contributed by atoms with Gasteiger partial charge in [0, 0.05) is 34.4 Å². The molecule has 1 fully saturated rings. The highest BCUT2D eigenvalue weighted by molar-refractivity contribution is 7.92. The Bertz CT molecular complexity index is 1390. The molecule has 2 aromatic rings. The van der Waals surface area contributed by atoms with Crippen molar-refractivity contribution < 1.29 is 21.6 Å². The first-order valence-electron chi connectivity index (χ1n) is 12.2. The van der Waals surface area contributed by atoms with Crippen LogP contribution in [0.15, 0.2) is 47.4 Å². The van der Waals surface area contributed by atoms with Crippen LogP contribution in [0.2, 0.25) is 0 Å². The first kappa shape index (κ1) is 26.6. The van der Waals surface area contributed by atoms with E-state index in [4.69, 9.17) is 0 Å². The van der Waals surface area contributed by atoms with Gasteiger partial charge in [-0.2, -0.15) is 0 Å². The average molecular weight is 534 g/mol. The normalized spacial score (nSPS) is 22.5. The standard InChI is InChI=1S/C26H35N3O5S2/c1-18-11-13-26(14-12-18)17-29(23-10-9-20(16-22(23)26)27-35(5,31)32)24(30)19-7-6-8-21(15-19)36(33,34)28-25(2,3)4/h6-10,15-16,18,27-28H,11-14,17H2,1-5H3/t18-,26+. The second kappa shape index (κ2) is 9.15. The van der Waals surface area contributed by atoms with Crippen molar-refractivity contribution in [3.8, 4) is 0 Å². The number of benzene rings is 2. The van der Waals surface area contributed by atoms with E-state index in [9.17, 15) is 21.6 Å². The molecule has 1 aliphatic carbocycles. The number of rotatable bonds is 5. The zero-order valence-electron chi connectivity index (χ0n) is 21.5. The molecule has 4 rings (SSSR count). The molecule has 0 radical (unpaired) electrons. The molecule has 0 aromatic heterocycles. The predicted molar refractivity (Wildman–Crippen MR) is 142 cm³/mol. The van der Waals surface area contributed by atoms with Crippen molar-refractivity contribution in [2.75, 3.05) is 22.4 Å². The van der Waals surface area contributed by atoms with E-state index >= 15 is 0 Å². The molecule has 2 N–H and O–H groups in total. The van der Waals surface area contributed by atoms with Gasteiger partial charge in [0.2, 0.25) is 20.0 Å². The maximum atomic E-state index is 13.8. The van der Waals surface area contributed by atoms with E-state index in [1.165, 1.54) is 12.1 Å². The predicted octanol–water partition coefficient (Wildman–Crippen LogP) is 4.24. The number of nitrogens with zero attached hydrogens (tertiary/aromatic N) is 1. The number of anilines is 2. The van der Waals surface area contributed by atoms with Gasteiger partial charge in [0.25, 0.3) is 5.91 Å². The van der Waals surface area contributed by atoms with Crippen LogP contribution in [-0.2, 0) is 25.5 Å². The highest BCUT2D eigenvalue weighted by Gasteiger charge is 2.46. The van der Waals surface area contributed by atoms with Crippen LogP contribution in [0.25, 0.3) is 0 Å². The molecule has 2 aliphatic rings. The second-order valence-corrected chi connectivity index (χ2v) is 14.8. The fraction of sp³-hybridized carbons (Fsp3) is 0.500. The van der Waals surface area contributed by atoms with E-state index in [0.29, 0.717) is 18.2 Å². The van der Waals surface area contributed by atoms with Gasteiger partial charge in [-0.3, -0.25) is 9.52 Å². The van der Waals surface area contributed by atoms with Gasteiger partial charge >= 0.3 is 0 Å². The van der Waals surface area contributed by atoms with Gasteiger partial charge in [-0.25, -0.2) is 21.6 Å². The third kappa shape index (κ3) is 5.60. The summed E-state index contributed by atoms with van der Waals surface area (Å²) in [5, 5.41) is 0. The maximum absolute atomic E-state index is 13.8. The molecule has 1 aliphatic heterocycles. The molecule has 2 aromatic carbocycles. The second-order valence-electron chi connectivity index (χ2n) is 11.3. The van der Waals surface area contributed by atoms with Crippen molar-refractivity contribution in [2.24, 2.45) is 5.92 Å². The Hall–Kier alpha value is -2.43. The number of hydrogen-bond donors (Lipinski definition) is 2. The van der Waals surface area contributed by atoms with Crippen LogP contribution in [-0.4, -0.2) is 41.1 Å². The van der Waals surface area contributed by atoms with Gasteiger partial charge in [0.1, 0.15) is 0 Å². The fourth-order valence-corrected chi connectivity index (χ4v) is 7.30. The number of carbonyl (C=O) groups excluding carboxylic acids is 1. The number of amides is 1. The summed E-state index contributed by atoms with van der Waals surface area (Å²) in [4.78, 5) is 15.5. The molecule has 1 saturated carbocycles. The Kier molecular flexibility index (Phi) is 6.77. The molecule has 8 nitrogen and oxygen atoms in total. The van der Waals surface area contributed by atoms with E-state index in [0.717, 1.165) is 43.2 Å². The smallest absolute Gasteiger partial charge is 0.258 e. The summed E-state index contributed by atoms with van der Waals surface area (Å²) in [6, 6.07) is 11.4. The lowest BCUT2D eigenvalue weighted by Crippen LogP contribution is -2.41. The topological polar surface area (TPSA) is 113 Å². The number of fused-ring (bicyclic) bond motifs is 2. The molecule has 0 unspecified atom stereocenters. The van der Waals surface area contributed by atoms with Crippen LogP contribution >= 0.6 is 0 Å². The summed E-state index contributed by atoms with van der Waals surface area (Å²) >= 11 is 0. The lowest BCUT2D eigenvalue weighted by Gasteiger charge is -2.37. The quantitative estimate of drug-likeness (QED) is 0.597. The van der Waals surface area contributed by atoms with Crippen molar-refractivity contribution in [3.63, 3.8) is 0 Å². The Labute approximate surface area is 214 Å². The van der Waals surface area contributed by atoms with Gasteiger partial charge in [-0.15, -0.1) is 0 Å². The zero-order valence-corrected chi connectivity index (χ0v) is 23.1. The third-order valence-electron chi connectivity index (χ3n) is 6.93. The molecular formula is C26H35N3O5S2. The minimum Gasteiger partial charge on any atom is -0.307 e. The molecular weight excluding hydrogens is 498 g/mol. The van der Waals surface area contributed by atoms with Crippen LogP contribution in [0.5, 0.6) is 0 Å². The average Bonchev–Trinajstić information content (AvgIpc) is 3.06. The van der Waals surface area contributed by atoms with E-state index in [-0.39, 0.29) is 21.8 Å². The van der Waals surface area contributed by atoms with E-state index in [1.54, 1.807) is 49.9 Å². The molecule has 0 bridgehead atoms. The maximum Gasteiger partial charge on any atom is 0.258 e. The molecule has 1 heterocycles. The Balaban J connectivity index is 1.72. The first-order chi connectivity index (χ1) is 16.6. The first-order valence-corrected chi connectivity index (χ1v) is 15.5. The molecule has 10 heteroatoms. The Morgan fingerprint density at radius 1 is 1.03 bits per heavy atom. The van der Waals surface area contributed by atoms with Crippen molar-refractivity contribution in [2.45, 2.75) is 69.2 Å². The van der Waals surface area contributed by atoms with Crippen LogP contribution in [0.4, 0.5) is 11.4 Å². The molecule has 1 amide bonds. The van der Waals surface area contributed by atoms with Gasteiger partial charge < -0.3 is 4.90 Å². The van der Waals surface area contributed by atoms with E-state index in [2.05, 4.69) is 16.4 Å². The highest BCUT2D eigenvalue weighted by atomic mass is 32.2. The Morgan fingerprint density at radius 2 is 1.69 bits per heavy atom. The zero-order chi connectivity index (χ0) is 26.5.